The summed E-state index contributed by atoms with van der Waals surface area (Å²) in [6, 6.07) is -0.940. The molecule has 0 aromatic carbocycles. The van der Waals surface area contributed by atoms with Crippen molar-refractivity contribution in [3.05, 3.63) is 17.3 Å². The Labute approximate surface area is 98.6 Å². The van der Waals surface area contributed by atoms with Gasteiger partial charge in [-0.2, -0.15) is 0 Å². The van der Waals surface area contributed by atoms with Gasteiger partial charge in [0.25, 0.3) is 0 Å². The topological polar surface area (TPSA) is 124 Å². The van der Waals surface area contributed by atoms with E-state index < -0.39 is 17.9 Å². The first-order valence-electron chi connectivity index (χ1n) is 5.14. The molecule has 5 N–H and O–H groups in total. The number of nitrogens with one attached hydrogen (secondary N) is 1. The minimum Gasteiger partial charge on any atom is -0.444 e. The average Bonchev–Trinajstić information content (AvgIpc) is 2.54. The van der Waals surface area contributed by atoms with Crippen molar-refractivity contribution in [1.29, 1.82) is 0 Å². The summed E-state index contributed by atoms with van der Waals surface area (Å²) in [6.07, 6.45) is -0.185. The molecule has 1 unspecified atom stereocenters. The number of amides is 2. The van der Waals surface area contributed by atoms with E-state index >= 15 is 0 Å². The lowest BCUT2D eigenvalue weighted by Gasteiger charge is -2.08. The number of aromatic nitrogens is 1. The lowest BCUT2D eigenvalue weighted by molar-refractivity contribution is -0.126. The van der Waals surface area contributed by atoms with Gasteiger partial charge < -0.3 is 21.2 Å². The number of primary amides is 1. The van der Waals surface area contributed by atoms with E-state index in [0.717, 1.165) is 5.69 Å². The number of aryl methyl sites for hydroxylation is 2. The maximum atomic E-state index is 11.4. The summed E-state index contributed by atoms with van der Waals surface area (Å²) in [5.74, 6) is 0.0306. The monoisotopic (exact) mass is 240 g/mol. The number of hydrogen-bond acceptors (Lipinski definition) is 5. The number of carbonyl (C=O) groups excluding carboxylic acids is 2. The Bertz CT molecular complexity index is 408. The zero-order valence-electron chi connectivity index (χ0n) is 9.82. The maximum absolute atomic E-state index is 11.4. The number of nitrogens with two attached hydrogens (primary N) is 2. The molecule has 7 nitrogen and oxygen atoms in total. The van der Waals surface area contributed by atoms with Gasteiger partial charge in [-0.15, -0.1) is 0 Å². The quantitative estimate of drug-likeness (QED) is 0.615. The van der Waals surface area contributed by atoms with Crippen LogP contribution in [0.3, 0.4) is 0 Å². The molecular weight excluding hydrogens is 224 g/mol. The molecule has 0 spiro atoms. The van der Waals surface area contributed by atoms with Crippen molar-refractivity contribution >= 4 is 11.8 Å². The molecule has 1 heterocycles. The first-order chi connectivity index (χ1) is 7.90. The van der Waals surface area contributed by atoms with Gasteiger partial charge in [0.15, 0.2) is 0 Å². The Kier molecular flexibility index (Phi) is 4.22. The van der Waals surface area contributed by atoms with Crippen LogP contribution in [-0.4, -0.2) is 22.8 Å². The van der Waals surface area contributed by atoms with E-state index in [9.17, 15) is 9.59 Å². The summed E-state index contributed by atoms with van der Waals surface area (Å²) in [6.45, 7) is 3.73. The summed E-state index contributed by atoms with van der Waals surface area (Å²) in [7, 11) is 0. The summed E-state index contributed by atoms with van der Waals surface area (Å²) < 4.78 is 5.27. The molecule has 1 aromatic rings. The molecule has 1 aromatic heterocycles. The number of rotatable bonds is 5. The van der Waals surface area contributed by atoms with Gasteiger partial charge in [-0.3, -0.25) is 9.59 Å². The van der Waals surface area contributed by atoms with E-state index in [4.69, 9.17) is 15.9 Å². The molecule has 17 heavy (non-hydrogen) atoms. The first-order valence-corrected chi connectivity index (χ1v) is 5.14. The lowest BCUT2D eigenvalue weighted by atomic mass is 10.2. The number of nitrogens with zero attached hydrogens (tertiary/aromatic N) is 1. The van der Waals surface area contributed by atoms with Crippen LogP contribution in [-0.2, 0) is 16.1 Å². The fraction of sp³-hybridized carbons (Fsp3) is 0.500. The fourth-order valence-corrected chi connectivity index (χ4v) is 1.22. The van der Waals surface area contributed by atoms with Crippen LogP contribution in [0, 0.1) is 13.8 Å². The van der Waals surface area contributed by atoms with Crippen molar-refractivity contribution in [2.24, 2.45) is 11.5 Å². The molecule has 0 saturated heterocycles. The molecular formula is C10H16N4O3. The molecule has 0 bridgehead atoms. The van der Waals surface area contributed by atoms with Gasteiger partial charge in [-0.25, -0.2) is 4.98 Å². The molecule has 0 aliphatic rings. The van der Waals surface area contributed by atoms with Crippen LogP contribution in [0.4, 0.5) is 0 Å². The smallest absolute Gasteiger partial charge is 0.237 e. The predicted molar refractivity (Wildman–Crippen MR) is 59.6 cm³/mol. The van der Waals surface area contributed by atoms with E-state index in [-0.39, 0.29) is 13.0 Å². The second-order valence-electron chi connectivity index (χ2n) is 3.74. The Hall–Kier alpha value is -1.89. The van der Waals surface area contributed by atoms with E-state index in [1.807, 2.05) is 6.92 Å². The van der Waals surface area contributed by atoms with Crippen molar-refractivity contribution in [2.45, 2.75) is 32.9 Å². The van der Waals surface area contributed by atoms with Crippen LogP contribution >= 0.6 is 0 Å². The van der Waals surface area contributed by atoms with Crippen molar-refractivity contribution < 1.29 is 14.0 Å². The van der Waals surface area contributed by atoms with Crippen LogP contribution < -0.4 is 16.8 Å². The van der Waals surface area contributed by atoms with Crippen LogP contribution in [0.5, 0.6) is 0 Å². The minimum absolute atomic E-state index is 0.139. The zero-order valence-corrected chi connectivity index (χ0v) is 9.82. The highest BCUT2D eigenvalue weighted by atomic mass is 16.4. The second kappa shape index (κ2) is 5.44. The van der Waals surface area contributed by atoms with Crippen molar-refractivity contribution in [2.75, 3.05) is 0 Å². The molecule has 0 aliphatic carbocycles. The molecule has 0 fully saturated rings. The average molecular weight is 240 g/mol. The van der Waals surface area contributed by atoms with Gasteiger partial charge in [0.1, 0.15) is 5.76 Å². The van der Waals surface area contributed by atoms with Gasteiger partial charge in [-0.1, -0.05) is 0 Å². The summed E-state index contributed by atoms with van der Waals surface area (Å²) in [5.41, 5.74) is 11.2. The fourth-order valence-electron chi connectivity index (χ4n) is 1.22. The van der Waals surface area contributed by atoms with Crippen LogP contribution in [0.15, 0.2) is 4.42 Å². The van der Waals surface area contributed by atoms with Crippen LogP contribution in [0.2, 0.25) is 0 Å². The van der Waals surface area contributed by atoms with E-state index in [2.05, 4.69) is 10.3 Å². The third kappa shape index (κ3) is 3.87. The SMILES string of the molecule is Cc1nc(CNC(=O)C(N)CC(N)=O)oc1C. The molecule has 2 amide bonds. The van der Waals surface area contributed by atoms with Gasteiger partial charge >= 0.3 is 0 Å². The van der Waals surface area contributed by atoms with Gasteiger partial charge in [0.05, 0.1) is 24.7 Å². The van der Waals surface area contributed by atoms with E-state index in [1.54, 1.807) is 6.92 Å². The summed E-state index contributed by atoms with van der Waals surface area (Å²) >= 11 is 0. The predicted octanol–water partition coefficient (Wildman–Crippen LogP) is -0.890. The summed E-state index contributed by atoms with van der Waals surface area (Å²) in [5, 5.41) is 2.52. The first kappa shape index (κ1) is 13.2. The molecule has 1 rings (SSSR count). The third-order valence-corrected chi connectivity index (χ3v) is 2.24. The molecule has 7 heteroatoms. The van der Waals surface area contributed by atoms with Crippen molar-refractivity contribution in [3.8, 4) is 0 Å². The number of oxazole rings is 1. The number of carbonyl (C=O) groups is 2. The highest BCUT2D eigenvalue weighted by Crippen LogP contribution is 2.07. The minimum atomic E-state index is -0.940. The van der Waals surface area contributed by atoms with E-state index in [0.29, 0.717) is 11.7 Å². The molecule has 94 valence electrons. The Morgan fingerprint density at radius 3 is 2.59 bits per heavy atom. The maximum Gasteiger partial charge on any atom is 0.237 e. The van der Waals surface area contributed by atoms with Crippen molar-refractivity contribution in [3.63, 3.8) is 0 Å². The standard InChI is InChI=1S/C10H16N4O3/c1-5-6(2)17-9(14-5)4-13-10(16)7(11)3-8(12)15/h7H,3-4,11H2,1-2H3,(H2,12,15)(H,13,16). The summed E-state index contributed by atoms with van der Waals surface area (Å²) in [4.78, 5) is 26.1. The molecule has 0 radical (unpaired) electrons. The van der Waals surface area contributed by atoms with Crippen LogP contribution in [0.1, 0.15) is 23.8 Å². The molecule has 1 atom stereocenters. The highest BCUT2D eigenvalue weighted by Gasteiger charge is 2.16. The zero-order chi connectivity index (χ0) is 13.0. The van der Waals surface area contributed by atoms with Crippen LogP contribution in [0.25, 0.3) is 0 Å². The van der Waals surface area contributed by atoms with E-state index in [1.165, 1.54) is 0 Å². The van der Waals surface area contributed by atoms with Gasteiger partial charge in [-0.05, 0) is 13.8 Å². The number of hydrogen-bond donors (Lipinski definition) is 3. The third-order valence-electron chi connectivity index (χ3n) is 2.24. The largest absolute Gasteiger partial charge is 0.444 e. The lowest BCUT2D eigenvalue weighted by Crippen LogP contribution is -2.42. The normalized spacial score (nSPS) is 12.2. The van der Waals surface area contributed by atoms with Gasteiger partial charge in [0, 0.05) is 0 Å². The van der Waals surface area contributed by atoms with Gasteiger partial charge in [0.2, 0.25) is 17.7 Å². The second-order valence-corrected chi connectivity index (χ2v) is 3.74. The Balaban J connectivity index is 2.45. The highest BCUT2D eigenvalue weighted by molar-refractivity contribution is 5.87. The Morgan fingerprint density at radius 2 is 2.12 bits per heavy atom. The molecule has 0 aliphatic heterocycles. The Morgan fingerprint density at radius 1 is 1.47 bits per heavy atom. The van der Waals surface area contributed by atoms with Crippen molar-refractivity contribution in [1.82, 2.24) is 10.3 Å². The molecule has 0 saturated carbocycles.